The smallest absolute Gasteiger partial charge is 0.268 e. The van der Waals surface area contributed by atoms with E-state index in [0.717, 1.165) is 12.1 Å². The molecular formula is C16H17N5O4S2. The summed E-state index contributed by atoms with van der Waals surface area (Å²) >= 11 is 1.37. The van der Waals surface area contributed by atoms with E-state index in [-0.39, 0.29) is 22.5 Å². The van der Waals surface area contributed by atoms with Gasteiger partial charge in [0.25, 0.3) is 16.0 Å². The molecule has 2 aromatic heterocycles. The van der Waals surface area contributed by atoms with Crippen molar-refractivity contribution in [1.82, 2.24) is 14.6 Å². The number of nitrogens with one attached hydrogen (secondary N) is 1. The average Bonchev–Trinajstić information content (AvgIpc) is 3.32. The summed E-state index contributed by atoms with van der Waals surface area (Å²) in [7, 11) is -2.62. The summed E-state index contributed by atoms with van der Waals surface area (Å²) in [6.45, 7) is 2.42. The Labute approximate surface area is 159 Å². The normalized spacial score (nSPS) is 14.9. The van der Waals surface area contributed by atoms with Gasteiger partial charge >= 0.3 is 0 Å². The lowest BCUT2D eigenvalue weighted by Gasteiger charge is -2.18. The molecule has 142 valence electrons. The molecule has 0 atom stereocenters. The third kappa shape index (κ3) is 3.12. The summed E-state index contributed by atoms with van der Waals surface area (Å²) in [5, 5.41) is 6.05. The lowest BCUT2D eigenvalue weighted by molar-refractivity contribution is -0.117. The van der Waals surface area contributed by atoms with Crippen molar-refractivity contribution in [3.63, 3.8) is 0 Å². The highest BCUT2D eigenvalue weighted by molar-refractivity contribution is 7.92. The molecular weight excluding hydrogens is 390 g/mol. The van der Waals surface area contributed by atoms with Gasteiger partial charge < -0.3 is 9.64 Å². The van der Waals surface area contributed by atoms with Crippen LogP contribution in [0.25, 0.3) is 4.96 Å². The van der Waals surface area contributed by atoms with E-state index in [1.165, 1.54) is 24.5 Å². The second-order valence-electron chi connectivity index (χ2n) is 6.10. The Kier molecular flexibility index (Phi) is 4.27. The fourth-order valence-corrected chi connectivity index (χ4v) is 4.90. The number of ether oxygens (including phenoxy) is 1. The molecule has 1 aliphatic rings. The zero-order chi connectivity index (χ0) is 19.2. The maximum atomic E-state index is 12.9. The van der Waals surface area contributed by atoms with E-state index < -0.39 is 10.0 Å². The third-order valence-corrected chi connectivity index (χ3v) is 6.58. The van der Waals surface area contributed by atoms with E-state index in [1.807, 2.05) is 12.3 Å². The second kappa shape index (κ2) is 6.50. The molecule has 0 aliphatic carbocycles. The van der Waals surface area contributed by atoms with Gasteiger partial charge in [0.1, 0.15) is 10.6 Å². The number of thiazole rings is 1. The molecule has 4 rings (SSSR count). The van der Waals surface area contributed by atoms with Crippen LogP contribution < -0.4 is 14.4 Å². The van der Waals surface area contributed by atoms with Crippen LogP contribution in [0.15, 0.2) is 28.5 Å². The molecule has 11 heteroatoms. The van der Waals surface area contributed by atoms with Gasteiger partial charge in [0.2, 0.25) is 10.9 Å². The highest BCUT2D eigenvalue weighted by Gasteiger charge is 2.27. The first-order valence-corrected chi connectivity index (χ1v) is 10.6. The van der Waals surface area contributed by atoms with E-state index in [1.54, 1.807) is 21.5 Å². The number of anilines is 2. The molecule has 1 amide bonds. The molecule has 3 aromatic rings. The molecule has 9 nitrogen and oxygen atoms in total. The molecule has 3 heterocycles. The lowest BCUT2D eigenvalue weighted by atomic mass is 10.3. The van der Waals surface area contributed by atoms with Crippen molar-refractivity contribution >= 4 is 43.9 Å². The predicted molar refractivity (Wildman–Crippen MR) is 101 cm³/mol. The second-order valence-corrected chi connectivity index (χ2v) is 8.58. The minimum atomic E-state index is -4.01. The van der Waals surface area contributed by atoms with Crippen LogP contribution in [-0.4, -0.2) is 42.6 Å². The quantitative estimate of drug-likeness (QED) is 0.694. The van der Waals surface area contributed by atoms with Crippen LogP contribution in [0.3, 0.4) is 0 Å². The Morgan fingerprint density at radius 2 is 2.15 bits per heavy atom. The number of methoxy groups -OCH3 is 1. The minimum absolute atomic E-state index is 0.0188. The maximum Gasteiger partial charge on any atom is 0.268 e. The van der Waals surface area contributed by atoms with Crippen LogP contribution in [0.2, 0.25) is 0 Å². The molecule has 0 bridgehead atoms. The van der Waals surface area contributed by atoms with Gasteiger partial charge in [-0.15, -0.1) is 16.4 Å². The van der Waals surface area contributed by atoms with Crippen LogP contribution in [0, 0.1) is 6.92 Å². The van der Waals surface area contributed by atoms with Crippen molar-refractivity contribution in [2.45, 2.75) is 24.7 Å². The fourth-order valence-electron chi connectivity index (χ4n) is 2.97. The number of rotatable bonds is 5. The predicted octanol–water partition coefficient (Wildman–Crippen LogP) is 2.04. The molecule has 1 aliphatic heterocycles. The Morgan fingerprint density at radius 1 is 1.33 bits per heavy atom. The Balaban J connectivity index is 1.71. The van der Waals surface area contributed by atoms with Gasteiger partial charge in [-0.2, -0.15) is 4.98 Å². The summed E-state index contributed by atoms with van der Waals surface area (Å²) in [4.78, 5) is 18.3. The topological polar surface area (TPSA) is 106 Å². The first-order chi connectivity index (χ1) is 12.9. The molecule has 1 saturated heterocycles. The number of aryl methyl sites for hydroxylation is 1. The number of carbonyl (C=O) groups excluding carboxylic acids is 1. The molecule has 1 aromatic carbocycles. The van der Waals surface area contributed by atoms with E-state index in [4.69, 9.17) is 4.74 Å². The Hall–Kier alpha value is -2.66. The van der Waals surface area contributed by atoms with Crippen molar-refractivity contribution in [2.24, 2.45) is 0 Å². The summed E-state index contributed by atoms with van der Waals surface area (Å²) in [5.74, 6) is 0.132. The number of benzene rings is 1. The van der Waals surface area contributed by atoms with Crippen LogP contribution >= 0.6 is 11.3 Å². The van der Waals surface area contributed by atoms with Crippen molar-refractivity contribution < 1.29 is 17.9 Å². The molecule has 0 unspecified atom stereocenters. The number of hydrogen-bond acceptors (Lipinski definition) is 7. The summed E-state index contributed by atoms with van der Waals surface area (Å²) < 4.78 is 35.0. The van der Waals surface area contributed by atoms with Crippen molar-refractivity contribution in [3.8, 4) is 5.75 Å². The number of carbonyl (C=O) groups is 1. The summed E-state index contributed by atoms with van der Waals surface area (Å²) in [6, 6.07) is 4.65. The number of nitrogens with zero attached hydrogens (tertiary/aromatic N) is 4. The molecule has 27 heavy (non-hydrogen) atoms. The van der Waals surface area contributed by atoms with E-state index in [9.17, 15) is 13.2 Å². The number of hydrogen-bond donors (Lipinski definition) is 1. The van der Waals surface area contributed by atoms with Gasteiger partial charge in [-0.1, -0.05) is 0 Å². The van der Waals surface area contributed by atoms with Gasteiger partial charge in [0.05, 0.1) is 12.8 Å². The van der Waals surface area contributed by atoms with Gasteiger partial charge in [0.15, 0.2) is 0 Å². The highest BCUT2D eigenvalue weighted by atomic mass is 32.2. The minimum Gasteiger partial charge on any atom is -0.495 e. The zero-order valence-electron chi connectivity index (χ0n) is 14.7. The van der Waals surface area contributed by atoms with Gasteiger partial charge in [-0.25, -0.2) is 17.7 Å². The molecule has 1 N–H and O–H groups in total. The maximum absolute atomic E-state index is 12.9. The summed E-state index contributed by atoms with van der Waals surface area (Å²) in [5.41, 5.74) is 1.38. The molecule has 0 spiro atoms. The van der Waals surface area contributed by atoms with Gasteiger partial charge in [-0.3, -0.25) is 4.79 Å². The van der Waals surface area contributed by atoms with Crippen molar-refractivity contribution in [2.75, 3.05) is 23.3 Å². The van der Waals surface area contributed by atoms with Gasteiger partial charge in [-0.05, 0) is 31.5 Å². The molecule has 0 saturated carbocycles. The number of sulfonamides is 1. The van der Waals surface area contributed by atoms with Crippen molar-refractivity contribution in [3.05, 3.63) is 29.3 Å². The van der Waals surface area contributed by atoms with E-state index >= 15 is 0 Å². The molecule has 0 radical (unpaired) electrons. The zero-order valence-corrected chi connectivity index (χ0v) is 16.3. The molecule has 1 fully saturated rings. The number of fused-ring (bicyclic) bond motifs is 1. The number of aromatic nitrogens is 3. The third-order valence-electron chi connectivity index (χ3n) is 4.29. The largest absolute Gasteiger partial charge is 0.495 e. The van der Waals surface area contributed by atoms with E-state index in [0.29, 0.717) is 23.6 Å². The van der Waals surface area contributed by atoms with Crippen LogP contribution in [0.5, 0.6) is 5.75 Å². The average molecular weight is 407 g/mol. The monoisotopic (exact) mass is 407 g/mol. The van der Waals surface area contributed by atoms with E-state index in [2.05, 4.69) is 14.8 Å². The van der Waals surface area contributed by atoms with Crippen molar-refractivity contribution in [1.29, 1.82) is 0 Å². The fraction of sp³-hybridized carbons (Fsp3) is 0.312. The SMILES string of the molecule is COc1ccc(N2CCCC2=O)cc1S(=O)(=O)Nc1nc2scc(C)n2n1. The standard InChI is InChI=1S/C16H17N5O4S2/c1-10-9-26-16-17-15(18-21(10)16)19-27(23,24)13-8-11(5-6-12(13)25-2)20-7-3-4-14(20)22/h5-6,8-9H,3-4,7H2,1-2H3,(H,18,19). The first kappa shape index (κ1) is 17.7. The van der Waals surface area contributed by atoms with Gasteiger partial charge in [0, 0.05) is 24.0 Å². The Bertz CT molecular complexity index is 1140. The lowest BCUT2D eigenvalue weighted by Crippen LogP contribution is -2.24. The first-order valence-electron chi connectivity index (χ1n) is 8.21. The van der Waals surface area contributed by atoms with Crippen LogP contribution in [0.4, 0.5) is 11.6 Å². The van der Waals surface area contributed by atoms with Crippen LogP contribution in [-0.2, 0) is 14.8 Å². The highest BCUT2D eigenvalue weighted by Crippen LogP contribution is 2.32. The Morgan fingerprint density at radius 3 is 2.81 bits per heavy atom. The van der Waals surface area contributed by atoms with Crippen LogP contribution in [0.1, 0.15) is 18.5 Å². The summed E-state index contributed by atoms with van der Waals surface area (Å²) in [6.07, 6.45) is 1.21. The number of amides is 1.